The zero-order valence-electron chi connectivity index (χ0n) is 14.0. The standard InChI is InChI=1S/C18H23NO5/c1-4-5-13-6-9-15(16(10-13)22-3)23-11-17(20)24-12(2)18(21)19-14-7-8-14/h4,6,9-10,12,14H,1,5,7-8,11H2,2-3H3,(H,19,21)/t12-/m1/s1. The molecule has 6 heteroatoms. The first-order valence-corrected chi connectivity index (χ1v) is 7.94. The van der Waals surface area contributed by atoms with E-state index in [-0.39, 0.29) is 18.6 Å². The van der Waals surface area contributed by atoms with Gasteiger partial charge in [0.25, 0.3) is 5.91 Å². The van der Waals surface area contributed by atoms with Crippen molar-refractivity contribution in [1.82, 2.24) is 5.32 Å². The largest absolute Gasteiger partial charge is 0.493 e. The van der Waals surface area contributed by atoms with Gasteiger partial charge in [-0.15, -0.1) is 6.58 Å². The monoisotopic (exact) mass is 333 g/mol. The zero-order valence-corrected chi connectivity index (χ0v) is 14.0. The molecule has 1 aromatic carbocycles. The summed E-state index contributed by atoms with van der Waals surface area (Å²) in [5.74, 6) is 0.0851. The molecule has 0 aliphatic heterocycles. The predicted octanol–water partition coefficient (Wildman–Crippen LogP) is 2.01. The fourth-order valence-electron chi connectivity index (χ4n) is 2.09. The van der Waals surface area contributed by atoms with E-state index in [1.807, 2.05) is 12.1 Å². The molecule has 0 heterocycles. The van der Waals surface area contributed by atoms with E-state index in [0.717, 1.165) is 18.4 Å². The van der Waals surface area contributed by atoms with Gasteiger partial charge in [-0.3, -0.25) is 4.79 Å². The lowest BCUT2D eigenvalue weighted by molar-refractivity contribution is -0.156. The molecule has 1 aliphatic rings. The highest BCUT2D eigenvalue weighted by molar-refractivity contribution is 5.84. The van der Waals surface area contributed by atoms with Crippen LogP contribution in [0.15, 0.2) is 30.9 Å². The van der Waals surface area contributed by atoms with E-state index < -0.39 is 12.1 Å². The molecule has 24 heavy (non-hydrogen) atoms. The lowest BCUT2D eigenvalue weighted by Crippen LogP contribution is -2.37. The highest BCUT2D eigenvalue weighted by atomic mass is 16.6. The van der Waals surface area contributed by atoms with Crippen LogP contribution in [0.3, 0.4) is 0 Å². The summed E-state index contributed by atoms with van der Waals surface area (Å²) in [7, 11) is 1.53. The summed E-state index contributed by atoms with van der Waals surface area (Å²) in [6.45, 7) is 4.94. The molecule has 1 N–H and O–H groups in total. The summed E-state index contributed by atoms with van der Waals surface area (Å²) in [5, 5.41) is 2.78. The van der Waals surface area contributed by atoms with Gasteiger partial charge in [0.1, 0.15) is 0 Å². The van der Waals surface area contributed by atoms with E-state index in [0.29, 0.717) is 17.9 Å². The van der Waals surface area contributed by atoms with Gasteiger partial charge >= 0.3 is 5.97 Å². The van der Waals surface area contributed by atoms with E-state index >= 15 is 0 Å². The summed E-state index contributed by atoms with van der Waals surface area (Å²) in [5.41, 5.74) is 1.03. The van der Waals surface area contributed by atoms with Gasteiger partial charge < -0.3 is 19.5 Å². The number of methoxy groups -OCH3 is 1. The molecule has 0 unspecified atom stereocenters. The van der Waals surface area contributed by atoms with Crippen LogP contribution in [0.4, 0.5) is 0 Å². The fraction of sp³-hybridized carbons (Fsp3) is 0.444. The lowest BCUT2D eigenvalue weighted by atomic mass is 10.1. The Bertz CT molecular complexity index is 609. The first-order chi connectivity index (χ1) is 11.5. The van der Waals surface area contributed by atoms with E-state index in [9.17, 15) is 9.59 Å². The number of nitrogens with one attached hydrogen (secondary N) is 1. The number of allylic oxidation sites excluding steroid dienone is 1. The quantitative estimate of drug-likeness (QED) is 0.553. The second-order valence-corrected chi connectivity index (χ2v) is 5.68. The molecule has 0 radical (unpaired) electrons. The van der Waals surface area contributed by atoms with Crippen LogP contribution in [0.1, 0.15) is 25.3 Å². The maximum absolute atomic E-state index is 11.8. The molecule has 1 fully saturated rings. The topological polar surface area (TPSA) is 73.9 Å². The Kier molecular flexibility index (Phi) is 6.23. The van der Waals surface area contributed by atoms with Crippen LogP contribution in [0.5, 0.6) is 11.5 Å². The summed E-state index contributed by atoms with van der Waals surface area (Å²) in [6, 6.07) is 5.66. The molecule has 0 bridgehead atoms. The Balaban J connectivity index is 1.84. The van der Waals surface area contributed by atoms with Crippen LogP contribution in [0.25, 0.3) is 0 Å². The van der Waals surface area contributed by atoms with E-state index in [1.165, 1.54) is 7.11 Å². The van der Waals surface area contributed by atoms with E-state index in [1.54, 1.807) is 19.1 Å². The maximum Gasteiger partial charge on any atom is 0.344 e. The number of ether oxygens (including phenoxy) is 3. The molecule has 0 saturated heterocycles. The Morgan fingerprint density at radius 1 is 1.38 bits per heavy atom. The first-order valence-electron chi connectivity index (χ1n) is 7.94. The Hall–Kier alpha value is -2.50. The van der Waals surface area contributed by atoms with Gasteiger partial charge in [0.05, 0.1) is 7.11 Å². The van der Waals surface area contributed by atoms with Crippen LogP contribution in [-0.4, -0.2) is 37.7 Å². The van der Waals surface area contributed by atoms with Crippen molar-refractivity contribution in [3.63, 3.8) is 0 Å². The number of amides is 1. The second-order valence-electron chi connectivity index (χ2n) is 5.68. The van der Waals surface area contributed by atoms with Crippen LogP contribution in [-0.2, 0) is 20.7 Å². The molecule has 6 nitrogen and oxygen atoms in total. The Labute approximate surface area is 141 Å². The average molecular weight is 333 g/mol. The minimum absolute atomic E-state index is 0.230. The van der Waals surface area contributed by atoms with Crippen molar-refractivity contribution in [3.8, 4) is 11.5 Å². The Morgan fingerprint density at radius 3 is 2.75 bits per heavy atom. The third-order valence-electron chi connectivity index (χ3n) is 3.55. The van der Waals surface area contributed by atoms with Gasteiger partial charge in [0.15, 0.2) is 24.2 Å². The molecule has 130 valence electrons. The van der Waals surface area contributed by atoms with Gasteiger partial charge in [0.2, 0.25) is 0 Å². The predicted molar refractivity (Wildman–Crippen MR) is 89.1 cm³/mol. The van der Waals surface area contributed by atoms with Crippen molar-refractivity contribution in [1.29, 1.82) is 0 Å². The summed E-state index contributed by atoms with van der Waals surface area (Å²) >= 11 is 0. The highest BCUT2D eigenvalue weighted by Gasteiger charge is 2.27. The zero-order chi connectivity index (χ0) is 17.5. The second kappa shape index (κ2) is 8.38. The third kappa shape index (κ3) is 5.30. The number of carbonyl (C=O) groups excluding carboxylic acids is 2. The average Bonchev–Trinajstić information content (AvgIpc) is 3.37. The molecule has 1 saturated carbocycles. The van der Waals surface area contributed by atoms with Crippen molar-refractivity contribution in [3.05, 3.63) is 36.4 Å². The first kappa shape index (κ1) is 17.8. The molecule has 0 aromatic heterocycles. The number of hydrogen-bond donors (Lipinski definition) is 1. The minimum atomic E-state index is -0.835. The van der Waals surface area contributed by atoms with Crippen molar-refractivity contribution in [2.24, 2.45) is 0 Å². The molecular formula is C18H23NO5. The van der Waals surface area contributed by atoms with E-state index in [2.05, 4.69) is 11.9 Å². The van der Waals surface area contributed by atoms with Crippen LogP contribution in [0, 0.1) is 0 Å². The molecule has 0 spiro atoms. The number of hydrogen-bond acceptors (Lipinski definition) is 5. The molecule has 1 aliphatic carbocycles. The molecule has 1 aromatic rings. The molecule has 1 amide bonds. The van der Waals surface area contributed by atoms with Crippen molar-refractivity contribution >= 4 is 11.9 Å². The summed E-state index contributed by atoms with van der Waals surface area (Å²) in [6.07, 6.45) is 3.64. The van der Waals surface area contributed by atoms with Gasteiger partial charge in [0, 0.05) is 6.04 Å². The summed E-state index contributed by atoms with van der Waals surface area (Å²) < 4.78 is 15.8. The van der Waals surface area contributed by atoms with Crippen LogP contribution >= 0.6 is 0 Å². The third-order valence-corrected chi connectivity index (χ3v) is 3.55. The maximum atomic E-state index is 11.8. The number of benzene rings is 1. The molecular weight excluding hydrogens is 310 g/mol. The SMILES string of the molecule is C=CCc1ccc(OCC(=O)O[C@H](C)C(=O)NC2CC2)c(OC)c1. The van der Waals surface area contributed by atoms with E-state index in [4.69, 9.17) is 14.2 Å². The van der Waals surface area contributed by atoms with Crippen molar-refractivity contribution < 1.29 is 23.8 Å². The van der Waals surface area contributed by atoms with Crippen molar-refractivity contribution in [2.75, 3.05) is 13.7 Å². The molecule has 1 atom stereocenters. The van der Waals surface area contributed by atoms with Gasteiger partial charge in [-0.1, -0.05) is 12.1 Å². The van der Waals surface area contributed by atoms with Gasteiger partial charge in [-0.2, -0.15) is 0 Å². The van der Waals surface area contributed by atoms with Gasteiger partial charge in [-0.25, -0.2) is 4.79 Å². The normalized spacial score (nSPS) is 14.4. The number of carbonyl (C=O) groups is 2. The summed E-state index contributed by atoms with van der Waals surface area (Å²) in [4.78, 5) is 23.6. The smallest absolute Gasteiger partial charge is 0.344 e. The Morgan fingerprint density at radius 2 is 2.12 bits per heavy atom. The minimum Gasteiger partial charge on any atom is -0.493 e. The number of rotatable bonds is 9. The highest BCUT2D eigenvalue weighted by Crippen LogP contribution is 2.28. The number of esters is 1. The van der Waals surface area contributed by atoms with Crippen LogP contribution < -0.4 is 14.8 Å². The fourth-order valence-corrected chi connectivity index (χ4v) is 2.09. The van der Waals surface area contributed by atoms with Gasteiger partial charge in [-0.05, 0) is 43.9 Å². The lowest BCUT2D eigenvalue weighted by Gasteiger charge is -2.14. The molecule has 2 rings (SSSR count). The van der Waals surface area contributed by atoms with Crippen molar-refractivity contribution in [2.45, 2.75) is 38.3 Å². The van der Waals surface area contributed by atoms with Crippen LogP contribution in [0.2, 0.25) is 0 Å².